The van der Waals surface area contributed by atoms with Crippen molar-refractivity contribution in [1.82, 2.24) is 14.8 Å². The maximum absolute atomic E-state index is 12.6. The summed E-state index contributed by atoms with van der Waals surface area (Å²) in [5, 5.41) is 1.25. The molecule has 4 heteroatoms. The van der Waals surface area contributed by atoms with Crippen LogP contribution in [0.15, 0.2) is 30.5 Å². The first kappa shape index (κ1) is 14.8. The molecule has 0 unspecified atom stereocenters. The van der Waals surface area contributed by atoms with Crippen LogP contribution in [0, 0.1) is 0 Å². The molecule has 4 rings (SSSR count). The lowest BCUT2D eigenvalue weighted by atomic mass is 9.93. The Labute approximate surface area is 137 Å². The van der Waals surface area contributed by atoms with Gasteiger partial charge in [-0.25, -0.2) is 0 Å². The third-order valence-electron chi connectivity index (χ3n) is 5.42. The molecule has 1 N–H and O–H groups in total. The number of amides is 1. The highest BCUT2D eigenvalue weighted by Crippen LogP contribution is 2.25. The van der Waals surface area contributed by atoms with Crippen LogP contribution in [0.4, 0.5) is 0 Å². The van der Waals surface area contributed by atoms with E-state index in [0.717, 1.165) is 19.6 Å². The van der Waals surface area contributed by atoms with Gasteiger partial charge in [-0.2, -0.15) is 0 Å². The standard InChI is InChI=1S/C19H25N3O/c23-18-14-21(11-12-22(18)17-7-2-1-3-8-17)13-16-6-4-5-15-9-10-20-19(15)16/h4-6,9-10,17,20H,1-3,7-8,11-14H2. The van der Waals surface area contributed by atoms with Gasteiger partial charge in [-0.1, -0.05) is 37.5 Å². The number of nitrogens with one attached hydrogen (secondary N) is 1. The zero-order chi connectivity index (χ0) is 15.6. The van der Waals surface area contributed by atoms with E-state index in [2.05, 4.69) is 39.0 Å². The van der Waals surface area contributed by atoms with E-state index in [0.29, 0.717) is 18.5 Å². The number of hydrogen-bond acceptors (Lipinski definition) is 2. The lowest BCUT2D eigenvalue weighted by molar-refractivity contribution is -0.139. The van der Waals surface area contributed by atoms with Crippen LogP contribution in [-0.2, 0) is 11.3 Å². The van der Waals surface area contributed by atoms with E-state index in [4.69, 9.17) is 0 Å². The number of fused-ring (bicyclic) bond motifs is 1. The number of carbonyl (C=O) groups is 1. The molecule has 2 fully saturated rings. The van der Waals surface area contributed by atoms with Crippen LogP contribution in [0.25, 0.3) is 10.9 Å². The fraction of sp³-hybridized carbons (Fsp3) is 0.526. The Morgan fingerprint density at radius 1 is 1.09 bits per heavy atom. The van der Waals surface area contributed by atoms with Gasteiger partial charge in [0.05, 0.1) is 6.54 Å². The molecule has 1 aliphatic heterocycles. The molecule has 23 heavy (non-hydrogen) atoms. The maximum Gasteiger partial charge on any atom is 0.237 e. The number of hydrogen-bond donors (Lipinski definition) is 1. The van der Waals surface area contributed by atoms with Crippen LogP contribution < -0.4 is 0 Å². The van der Waals surface area contributed by atoms with Crippen LogP contribution in [0.3, 0.4) is 0 Å². The van der Waals surface area contributed by atoms with Crippen LogP contribution in [0.1, 0.15) is 37.7 Å². The second-order valence-electron chi connectivity index (χ2n) is 6.95. The summed E-state index contributed by atoms with van der Waals surface area (Å²) >= 11 is 0. The largest absolute Gasteiger partial charge is 0.361 e. The van der Waals surface area contributed by atoms with Crippen LogP contribution in [0.5, 0.6) is 0 Å². The Bertz CT molecular complexity index is 687. The van der Waals surface area contributed by atoms with E-state index in [1.165, 1.54) is 48.6 Å². The molecular formula is C19H25N3O. The number of rotatable bonds is 3. The Hall–Kier alpha value is -1.81. The van der Waals surface area contributed by atoms with Gasteiger partial charge in [0, 0.05) is 37.4 Å². The Morgan fingerprint density at radius 2 is 1.96 bits per heavy atom. The van der Waals surface area contributed by atoms with E-state index in [-0.39, 0.29) is 0 Å². The van der Waals surface area contributed by atoms with Gasteiger partial charge in [0.1, 0.15) is 0 Å². The van der Waals surface area contributed by atoms with E-state index >= 15 is 0 Å². The van der Waals surface area contributed by atoms with Gasteiger partial charge >= 0.3 is 0 Å². The van der Waals surface area contributed by atoms with Crippen molar-refractivity contribution in [3.8, 4) is 0 Å². The normalized spacial score (nSPS) is 21.2. The molecule has 1 aromatic heterocycles. The number of carbonyl (C=O) groups excluding carboxylic acids is 1. The van der Waals surface area contributed by atoms with Crippen molar-refractivity contribution in [2.24, 2.45) is 0 Å². The zero-order valence-electron chi connectivity index (χ0n) is 13.6. The van der Waals surface area contributed by atoms with Gasteiger partial charge in [-0.05, 0) is 29.9 Å². The molecule has 1 saturated heterocycles. The highest BCUT2D eigenvalue weighted by atomic mass is 16.2. The molecule has 2 heterocycles. The fourth-order valence-corrected chi connectivity index (χ4v) is 4.17. The summed E-state index contributed by atoms with van der Waals surface area (Å²) < 4.78 is 0. The predicted octanol–water partition coefficient (Wildman–Crippen LogP) is 3.14. The molecule has 0 atom stereocenters. The Morgan fingerprint density at radius 3 is 2.78 bits per heavy atom. The molecule has 1 amide bonds. The van der Waals surface area contributed by atoms with Crippen molar-refractivity contribution in [3.05, 3.63) is 36.0 Å². The van der Waals surface area contributed by atoms with Gasteiger partial charge in [0.25, 0.3) is 0 Å². The summed E-state index contributed by atoms with van der Waals surface area (Å²) in [6, 6.07) is 9.00. The Balaban J connectivity index is 1.42. The summed E-state index contributed by atoms with van der Waals surface area (Å²) in [7, 11) is 0. The molecule has 0 bridgehead atoms. The first-order chi connectivity index (χ1) is 11.3. The van der Waals surface area contributed by atoms with Gasteiger partial charge < -0.3 is 9.88 Å². The molecular weight excluding hydrogens is 286 g/mol. The molecule has 2 aromatic rings. The number of nitrogens with zero attached hydrogens (tertiary/aromatic N) is 2. The lowest BCUT2D eigenvalue weighted by Gasteiger charge is -2.40. The molecule has 122 valence electrons. The number of para-hydroxylation sites is 1. The second-order valence-corrected chi connectivity index (χ2v) is 6.95. The minimum absolute atomic E-state index is 0.321. The molecule has 1 aromatic carbocycles. The summed E-state index contributed by atoms with van der Waals surface area (Å²) in [6.45, 7) is 3.29. The molecule has 2 aliphatic rings. The number of H-pyrrole nitrogens is 1. The topological polar surface area (TPSA) is 39.3 Å². The van der Waals surface area contributed by atoms with E-state index < -0.39 is 0 Å². The highest BCUT2D eigenvalue weighted by molar-refractivity contribution is 5.83. The van der Waals surface area contributed by atoms with Gasteiger partial charge in [0.15, 0.2) is 0 Å². The number of benzene rings is 1. The van der Waals surface area contributed by atoms with Crippen molar-refractivity contribution in [2.45, 2.75) is 44.7 Å². The lowest BCUT2D eigenvalue weighted by Crippen LogP contribution is -2.54. The number of piperazine rings is 1. The summed E-state index contributed by atoms with van der Waals surface area (Å²) in [4.78, 5) is 20.4. The molecule has 4 nitrogen and oxygen atoms in total. The third-order valence-corrected chi connectivity index (χ3v) is 5.42. The summed E-state index contributed by atoms with van der Waals surface area (Å²) in [6.07, 6.45) is 8.30. The average Bonchev–Trinajstić information content (AvgIpc) is 3.06. The number of aromatic amines is 1. The van der Waals surface area contributed by atoms with Gasteiger partial charge in [-0.15, -0.1) is 0 Å². The summed E-state index contributed by atoms with van der Waals surface area (Å²) in [5.41, 5.74) is 2.49. The molecule has 0 spiro atoms. The Kier molecular flexibility index (Phi) is 4.08. The first-order valence-electron chi connectivity index (χ1n) is 8.88. The SMILES string of the molecule is O=C1CN(Cc2cccc3cc[nH]c23)CCN1C1CCCCC1. The molecule has 1 saturated carbocycles. The monoisotopic (exact) mass is 311 g/mol. The summed E-state index contributed by atoms with van der Waals surface area (Å²) in [5.74, 6) is 0.321. The van der Waals surface area contributed by atoms with Gasteiger partial charge in [0.2, 0.25) is 5.91 Å². The number of aromatic nitrogens is 1. The maximum atomic E-state index is 12.6. The van der Waals surface area contributed by atoms with Crippen molar-refractivity contribution < 1.29 is 4.79 Å². The van der Waals surface area contributed by atoms with E-state index in [9.17, 15) is 4.79 Å². The van der Waals surface area contributed by atoms with Crippen molar-refractivity contribution >= 4 is 16.8 Å². The van der Waals surface area contributed by atoms with Crippen molar-refractivity contribution in [2.75, 3.05) is 19.6 Å². The highest BCUT2D eigenvalue weighted by Gasteiger charge is 2.30. The predicted molar refractivity (Wildman–Crippen MR) is 92.2 cm³/mol. The van der Waals surface area contributed by atoms with Gasteiger partial charge in [-0.3, -0.25) is 9.69 Å². The molecule has 1 aliphatic carbocycles. The van der Waals surface area contributed by atoms with Crippen LogP contribution in [-0.4, -0.2) is 46.4 Å². The first-order valence-corrected chi connectivity index (χ1v) is 8.88. The zero-order valence-corrected chi connectivity index (χ0v) is 13.6. The quantitative estimate of drug-likeness (QED) is 0.946. The minimum Gasteiger partial charge on any atom is -0.361 e. The third kappa shape index (κ3) is 3.00. The average molecular weight is 311 g/mol. The second kappa shape index (κ2) is 6.36. The van der Waals surface area contributed by atoms with E-state index in [1.54, 1.807) is 0 Å². The smallest absolute Gasteiger partial charge is 0.237 e. The van der Waals surface area contributed by atoms with Crippen LogP contribution in [0.2, 0.25) is 0 Å². The fourth-order valence-electron chi connectivity index (χ4n) is 4.17. The van der Waals surface area contributed by atoms with Crippen molar-refractivity contribution in [3.63, 3.8) is 0 Å². The van der Waals surface area contributed by atoms with E-state index in [1.807, 2.05) is 6.20 Å². The molecule has 0 radical (unpaired) electrons. The minimum atomic E-state index is 0.321. The van der Waals surface area contributed by atoms with Crippen molar-refractivity contribution in [1.29, 1.82) is 0 Å². The van der Waals surface area contributed by atoms with Crippen LogP contribution >= 0.6 is 0 Å².